The van der Waals surface area contributed by atoms with Gasteiger partial charge in [0.2, 0.25) is 0 Å². The summed E-state index contributed by atoms with van der Waals surface area (Å²) in [6, 6.07) is 0.447. The van der Waals surface area contributed by atoms with E-state index in [4.69, 9.17) is 0 Å². The second kappa shape index (κ2) is 5.09. The van der Waals surface area contributed by atoms with E-state index in [0.29, 0.717) is 18.0 Å². The van der Waals surface area contributed by atoms with Crippen LogP contribution in [0.2, 0.25) is 0 Å². The third-order valence-electron chi connectivity index (χ3n) is 5.61. The molecule has 1 saturated heterocycles. The number of piperidine rings is 1. The van der Waals surface area contributed by atoms with E-state index < -0.39 is 6.17 Å². The number of hydrogen-bond acceptors (Lipinski definition) is 2. The minimum absolute atomic E-state index is 0.152. The SMILES string of the molecule is OC1CCC2(CCCC2)C(N2CCCC(F)C2)C1. The molecule has 0 aromatic rings. The summed E-state index contributed by atoms with van der Waals surface area (Å²) in [6.07, 6.45) is 9.21. The molecule has 104 valence electrons. The Balaban J connectivity index is 1.76. The molecule has 2 aliphatic carbocycles. The molecule has 0 amide bonds. The molecular formula is C15H26FNO. The zero-order valence-corrected chi connectivity index (χ0v) is 11.3. The monoisotopic (exact) mass is 255 g/mol. The third kappa shape index (κ3) is 2.32. The number of hydrogen-bond donors (Lipinski definition) is 1. The number of halogens is 1. The molecule has 18 heavy (non-hydrogen) atoms. The average molecular weight is 255 g/mol. The van der Waals surface area contributed by atoms with E-state index >= 15 is 0 Å². The highest BCUT2D eigenvalue weighted by atomic mass is 19.1. The van der Waals surface area contributed by atoms with Gasteiger partial charge in [-0.1, -0.05) is 12.8 Å². The van der Waals surface area contributed by atoms with E-state index in [0.717, 1.165) is 38.6 Å². The van der Waals surface area contributed by atoms with Gasteiger partial charge in [0, 0.05) is 12.6 Å². The first-order valence-electron chi connectivity index (χ1n) is 7.76. The molecule has 3 rings (SSSR count). The summed E-state index contributed by atoms with van der Waals surface area (Å²) >= 11 is 0. The van der Waals surface area contributed by atoms with Gasteiger partial charge in [-0.2, -0.15) is 0 Å². The van der Waals surface area contributed by atoms with Crippen LogP contribution in [0.5, 0.6) is 0 Å². The fourth-order valence-corrected chi connectivity index (χ4v) is 4.68. The van der Waals surface area contributed by atoms with E-state index in [1.807, 2.05) is 0 Å². The topological polar surface area (TPSA) is 23.5 Å². The van der Waals surface area contributed by atoms with Crippen molar-refractivity contribution in [1.82, 2.24) is 4.90 Å². The summed E-state index contributed by atoms with van der Waals surface area (Å²) in [6.45, 7) is 1.65. The van der Waals surface area contributed by atoms with Gasteiger partial charge in [-0.25, -0.2) is 4.39 Å². The first-order valence-corrected chi connectivity index (χ1v) is 7.76. The van der Waals surface area contributed by atoms with Crippen LogP contribution in [0.3, 0.4) is 0 Å². The number of likely N-dealkylation sites (tertiary alicyclic amines) is 1. The summed E-state index contributed by atoms with van der Waals surface area (Å²) in [5.41, 5.74) is 0.413. The zero-order chi connectivity index (χ0) is 12.6. The fourth-order valence-electron chi connectivity index (χ4n) is 4.68. The molecule has 3 aliphatic rings. The van der Waals surface area contributed by atoms with E-state index in [1.165, 1.54) is 25.7 Å². The van der Waals surface area contributed by atoms with Gasteiger partial charge in [0.1, 0.15) is 6.17 Å². The predicted octanol–water partition coefficient (Wildman–Crippen LogP) is 2.89. The van der Waals surface area contributed by atoms with Gasteiger partial charge < -0.3 is 5.11 Å². The second-order valence-electron chi connectivity index (χ2n) is 6.75. The molecule has 0 bridgehead atoms. The standard InChI is InChI=1S/C15H26FNO/c16-12-4-3-9-17(11-12)14-10-13(18)5-8-15(14)6-1-2-7-15/h12-14,18H,1-11H2. The van der Waals surface area contributed by atoms with Crippen LogP contribution in [0.15, 0.2) is 0 Å². The maximum absolute atomic E-state index is 13.7. The molecule has 2 saturated carbocycles. The summed E-state index contributed by atoms with van der Waals surface area (Å²) < 4.78 is 13.7. The molecule has 1 spiro atoms. The molecule has 0 aromatic carbocycles. The van der Waals surface area contributed by atoms with Gasteiger partial charge in [0.25, 0.3) is 0 Å². The van der Waals surface area contributed by atoms with Crippen molar-refractivity contribution in [3.8, 4) is 0 Å². The van der Waals surface area contributed by atoms with E-state index in [1.54, 1.807) is 0 Å². The third-order valence-corrected chi connectivity index (χ3v) is 5.61. The number of aliphatic hydroxyl groups is 1. The number of alkyl halides is 1. The lowest BCUT2D eigenvalue weighted by Crippen LogP contribution is -2.54. The summed E-state index contributed by atoms with van der Waals surface area (Å²) in [7, 11) is 0. The Bertz CT molecular complexity index is 290. The van der Waals surface area contributed by atoms with Gasteiger partial charge >= 0.3 is 0 Å². The maximum atomic E-state index is 13.7. The van der Waals surface area contributed by atoms with Crippen LogP contribution < -0.4 is 0 Å². The first-order chi connectivity index (χ1) is 8.70. The maximum Gasteiger partial charge on any atom is 0.113 e. The molecule has 3 atom stereocenters. The van der Waals surface area contributed by atoms with Crippen molar-refractivity contribution >= 4 is 0 Å². The van der Waals surface area contributed by atoms with Crippen LogP contribution in [-0.2, 0) is 0 Å². The van der Waals surface area contributed by atoms with E-state index in [2.05, 4.69) is 4.90 Å². The lowest BCUT2D eigenvalue weighted by molar-refractivity contribution is -0.0436. The minimum Gasteiger partial charge on any atom is -0.393 e. The van der Waals surface area contributed by atoms with Crippen molar-refractivity contribution < 1.29 is 9.50 Å². The summed E-state index contributed by atoms with van der Waals surface area (Å²) in [5, 5.41) is 10.00. The lowest BCUT2D eigenvalue weighted by atomic mass is 9.67. The van der Waals surface area contributed by atoms with Gasteiger partial charge in [-0.15, -0.1) is 0 Å². The molecule has 3 fully saturated rings. The average Bonchev–Trinajstić information content (AvgIpc) is 2.82. The molecule has 3 unspecified atom stereocenters. The molecule has 1 N–H and O–H groups in total. The van der Waals surface area contributed by atoms with Crippen molar-refractivity contribution in [1.29, 1.82) is 0 Å². The van der Waals surface area contributed by atoms with Gasteiger partial charge in [-0.05, 0) is 56.9 Å². The smallest absolute Gasteiger partial charge is 0.113 e. The molecule has 1 aliphatic heterocycles. The van der Waals surface area contributed by atoms with E-state index in [9.17, 15) is 9.50 Å². The Morgan fingerprint density at radius 2 is 1.83 bits per heavy atom. The highest BCUT2D eigenvalue weighted by Gasteiger charge is 2.47. The Morgan fingerprint density at radius 1 is 1.06 bits per heavy atom. The second-order valence-corrected chi connectivity index (χ2v) is 6.75. The number of nitrogens with zero attached hydrogens (tertiary/aromatic N) is 1. The molecule has 1 heterocycles. The van der Waals surface area contributed by atoms with Crippen LogP contribution in [0, 0.1) is 5.41 Å². The van der Waals surface area contributed by atoms with Gasteiger partial charge in [0.15, 0.2) is 0 Å². The van der Waals surface area contributed by atoms with Crippen molar-refractivity contribution in [3.05, 3.63) is 0 Å². The number of rotatable bonds is 1. The van der Waals surface area contributed by atoms with Crippen LogP contribution in [0.4, 0.5) is 4.39 Å². The molecule has 2 nitrogen and oxygen atoms in total. The highest BCUT2D eigenvalue weighted by Crippen LogP contribution is 2.51. The highest BCUT2D eigenvalue weighted by molar-refractivity contribution is 5.01. The van der Waals surface area contributed by atoms with Crippen LogP contribution in [-0.4, -0.2) is 41.4 Å². The molecular weight excluding hydrogens is 229 g/mol. The summed E-state index contributed by atoms with van der Waals surface area (Å²) in [4.78, 5) is 2.38. The lowest BCUT2D eigenvalue weighted by Gasteiger charge is -2.50. The Kier molecular flexibility index (Phi) is 3.63. The zero-order valence-electron chi connectivity index (χ0n) is 11.3. The van der Waals surface area contributed by atoms with E-state index in [-0.39, 0.29) is 6.10 Å². The van der Waals surface area contributed by atoms with Crippen LogP contribution in [0.25, 0.3) is 0 Å². The quantitative estimate of drug-likeness (QED) is 0.779. The number of aliphatic hydroxyl groups excluding tert-OH is 1. The first kappa shape index (κ1) is 12.9. The van der Waals surface area contributed by atoms with Crippen LogP contribution in [0.1, 0.15) is 57.8 Å². The van der Waals surface area contributed by atoms with Gasteiger partial charge in [0.05, 0.1) is 6.10 Å². The largest absolute Gasteiger partial charge is 0.393 e. The Hall–Kier alpha value is -0.150. The Labute approximate surface area is 110 Å². The molecule has 0 radical (unpaired) electrons. The fraction of sp³-hybridized carbons (Fsp3) is 1.00. The van der Waals surface area contributed by atoms with Crippen molar-refractivity contribution in [2.45, 2.75) is 76.1 Å². The Morgan fingerprint density at radius 3 is 2.56 bits per heavy atom. The normalized spacial score (nSPS) is 41.3. The van der Waals surface area contributed by atoms with Crippen molar-refractivity contribution in [2.75, 3.05) is 13.1 Å². The van der Waals surface area contributed by atoms with Crippen molar-refractivity contribution in [3.63, 3.8) is 0 Å². The van der Waals surface area contributed by atoms with Crippen molar-refractivity contribution in [2.24, 2.45) is 5.41 Å². The molecule has 0 aromatic heterocycles. The minimum atomic E-state index is -0.642. The predicted molar refractivity (Wildman–Crippen MR) is 70.2 cm³/mol. The van der Waals surface area contributed by atoms with Gasteiger partial charge in [-0.3, -0.25) is 4.90 Å². The molecule has 3 heteroatoms. The summed E-state index contributed by atoms with van der Waals surface area (Å²) in [5.74, 6) is 0. The van der Waals surface area contributed by atoms with Crippen LogP contribution >= 0.6 is 0 Å².